The van der Waals surface area contributed by atoms with E-state index in [4.69, 9.17) is 0 Å². The van der Waals surface area contributed by atoms with Gasteiger partial charge in [0.2, 0.25) is 5.91 Å². The number of aromatic nitrogens is 3. The first-order valence-electron chi connectivity index (χ1n) is 10.1. The summed E-state index contributed by atoms with van der Waals surface area (Å²) in [5, 5.41) is 4.52. The minimum atomic E-state index is -0.191. The predicted molar refractivity (Wildman–Crippen MR) is 106 cm³/mol. The van der Waals surface area contributed by atoms with Gasteiger partial charge in [-0.3, -0.25) is 9.36 Å². The number of unbranched alkanes of at least 4 members (excludes halogenated alkanes) is 1. The van der Waals surface area contributed by atoms with Crippen molar-refractivity contribution in [3.63, 3.8) is 0 Å². The van der Waals surface area contributed by atoms with E-state index in [9.17, 15) is 9.59 Å². The van der Waals surface area contributed by atoms with Crippen LogP contribution in [0, 0.1) is 5.92 Å². The fraction of sp³-hybridized carbons (Fsp3) is 0.571. The molecule has 1 amide bonds. The highest BCUT2D eigenvalue weighted by Crippen LogP contribution is 2.15. The Balaban J connectivity index is 1.80. The first kappa shape index (κ1) is 19.4. The molecule has 1 aromatic carbocycles. The average Bonchev–Trinajstić information content (AvgIpc) is 2.96. The zero-order valence-electron chi connectivity index (χ0n) is 16.4. The lowest BCUT2D eigenvalue weighted by atomic mass is 10.0. The van der Waals surface area contributed by atoms with E-state index in [1.54, 1.807) is 4.57 Å². The lowest BCUT2D eigenvalue weighted by Gasteiger charge is -2.30. The number of carbonyl (C=O) groups excluding carboxylic acids is 1. The molecular formula is C21H30N4O2. The van der Waals surface area contributed by atoms with Gasteiger partial charge < -0.3 is 4.90 Å². The van der Waals surface area contributed by atoms with Crippen LogP contribution >= 0.6 is 0 Å². The molecule has 146 valence electrons. The van der Waals surface area contributed by atoms with Gasteiger partial charge in [-0.1, -0.05) is 50.6 Å². The van der Waals surface area contributed by atoms with Gasteiger partial charge >= 0.3 is 5.69 Å². The fourth-order valence-corrected chi connectivity index (χ4v) is 3.68. The van der Waals surface area contributed by atoms with E-state index in [-0.39, 0.29) is 18.1 Å². The Morgan fingerprint density at radius 3 is 2.74 bits per heavy atom. The number of likely N-dealkylation sites (tertiary alicyclic amines) is 1. The fourth-order valence-electron chi connectivity index (χ4n) is 3.68. The van der Waals surface area contributed by atoms with Crippen molar-refractivity contribution in [3.8, 4) is 0 Å². The molecule has 27 heavy (non-hydrogen) atoms. The molecule has 6 nitrogen and oxygen atoms in total. The highest BCUT2D eigenvalue weighted by Gasteiger charge is 2.23. The Morgan fingerprint density at radius 1 is 1.26 bits per heavy atom. The number of nitrogens with zero attached hydrogens (tertiary/aromatic N) is 4. The molecule has 1 aliphatic heterocycles. The molecule has 1 aromatic heterocycles. The van der Waals surface area contributed by atoms with Crippen molar-refractivity contribution >= 4 is 5.91 Å². The minimum absolute atomic E-state index is 0.00458. The molecule has 0 spiro atoms. The van der Waals surface area contributed by atoms with Gasteiger partial charge in [0.05, 0.1) is 6.54 Å². The first-order chi connectivity index (χ1) is 13.1. The molecule has 0 radical (unpaired) electrons. The number of aryl methyl sites for hydroxylation is 1. The molecule has 1 saturated heterocycles. The summed E-state index contributed by atoms with van der Waals surface area (Å²) in [4.78, 5) is 27.5. The summed E-state index contributed by atoms with van der Waals surface area (Å²) in [6.07, 6.45) is 4.96. The summed E-state index contributed by atoms with van der Waals surface area (Å²) < 4.78 is 3.08. The maximum Gasteiger partial charge on any atom is 0.346 e. The number of benzene rings is 1. The van der Waals surface area contributed by atoms with Crippen LogP contribution in [0.15, 0.2) is 35.1 Å². The van der Waals surface area contributed by atoms with E-state index < -0.39 is 0 Å². The summed E-state index contributed by atoms with van der Waals surface area (Å²) in [6, 6.07) is 9.92. The number of carbonyl (C=O) groups is 1. The van der Waals surface area contributed by atoms with Crippen molar-refractivity contribution in [2.45, 2.75) is 59.0 Å². The van der Waals surface area contributed by atoms with E-state index in [0.29, 0.717) is 12.5 Å². The van der Waals surface area contributed by atoms with Gasteiger partial charge in [-0.2, -0.15) is 5.10 Å². The topological polar surface area (TPSA) is 60.1 Å². The van der Waals surface area contributed by atoms with Crippen LogP contribution in [-0.2, 0) is 24.3 Å². The Morgan fingerprint density at radius 2 is 2.04 bits per heavy atom. The summed E-state index contributed by atoms with van der Waals surface area (Å²) >= 11 is 0. The van der Waals surface area contributed by atoms with Crippen LogP contribution in [0.5, 0.6) is 0 Å². The number of amides is 1. The van der Waals surface area contributed by atoms with Crippen molar-refractivity contribution in [1.82, 2.24) is 19.2 Å². The lowest BCUT2D eigenvalue weighted by Crippen LogP contribution is -2.42. The van der Waals surface area contributed by atoms with Crippen LogP contribution < -0.4 is 5.69 Å². The molecule has 6 heteroatoms. The van der Waals surface area contributed by atoms with Crippen molar-refractivity contribution in [1.29, 1.82) is 0 Å². The monoisotopic (exact) mass is 370 g/mol. The van der Waals surface area contributed by atoms with Crippen LogP contribution in [0.2, 0.25) is 0 Å². The predicted octanol–water partition coefficient (Wildman–Crippen LogP) is 2.69. The molecule has 1 atom stereocenters. The third kappa shape index (κ3) is 4.87. The Kier molecular flexibility index (Phi) is 6.48. The first-order valence-corrected chi connectivity index (χ1v) is 10.1. The van der Waals surface area contributed by atoms with E-state index >= 15 is 0 Å². The Bertz CT molecular complexity index is 809. The molecule has 1 fully saturated rings. The Labute approximate surface area is 160 Å². The smallest absolute Gasteiger partial charge is 0.341 e. The van der Waals surface area contributed by atoms with Crippen molar-refractivity contribution in [2.75, 3.05) is 13.1 Å². The van der Waals surface area contributed by atoms with E-state index in [0.717, 1.165) is 56.6 Å². The molecule has 0 aliphatic carbocycles. The second kappa shape index (κ2) is 9.02. The lowest BCUT2D eigenvalue weighted by molar-refractivity contribution is -0.133. The molecule has 3 rings (SSSR count). The zero-order chi connectivity index (χ0) is 19.2. The number of piperidine rings is 1. The van der Waals surface area contributed by atoms with Crippen molar-refractivity contribution in [3.05, 3.63) is 52.2 Å². The summed E-state index contributed by atoms with van der Waals surface area (Å²) in [6.45, 7) is 6.38. The maximum atomic E-state index is 12.9. The summed E-state index contributed by atoms with van der Waals surface area (Å²) in [5.41, 5.74) is 0.872. The SMILES string of the molecule is CCCCc1nn(CC(=O)N2CCC[C@@H](C)C2)c(=O)n1Cc1ccccc1. The Hall–Kier alpha value is -2.37. The van der Waals surface area contributed by atoms with Gasteiger partial charge in [0.25, 0.3) is 0 Å². The van der Waals surface area contributed by atoms with Gasteiger partial charge in [-0.05, 0) is 30.7 Å². The molecule has 1 aliphatic rings. The summed E-state index contributed by atoms with van der Waals surface area (Å²) in [7, 11) is 0. The van der Waals surface area contributed by atoms with Gasteiger partial charge in [0.1, 0.15) is 12.4 Å². The number of hydrogen-bond acceptors (Lipinski definition) is 3. The molecule has 0 N–H and O–H groups in total. The van der Waals surface area contributed by atoms with Crippen molar-refractivity contribution in [2.24, 2.45) is 5.92 Å². The van der Waals surface area contributed by atoms with Gasteiger partial charge in [0, 0.05) is 19.5 Å². The third-order valence-electron chi connectivity index (χ3n) is 5.23. The third-order valence-corrected chi connectivity index (χ3v) is 5.23. The van der Waals surface area contributed by atoms with Gasteiger partial charge in [-0.15, -0.1) is 0 Å². The molecule has 0 saturated carbocycles. The summed E-state index contributed by atoms with van der Waals surface area (Å²) in [5.74, 6) is 1.29. The molecule has 2 aromatic rings. The van der Waals surface area contributed by atoms with Gasteiger partial charge in [0.15, 0.2) is 0 Å². The van der Waals surface area contributed by atoms with Crippen LogP contribution in [0.4, 0.5) is 0 Å². The van der Waals surface area contributed by atoms with E-state index in [1.165, 1.54) is 4.68 Å². The van der Waals surface area contributed by atoms with Crippen LogP contribution in [-0.4, -0.2) is 38.2 Å². The van der Waals surface area contributed by atoms with Gasteiger partial charge in [-0.25, -0.2) is 9.48 Å². The largest absolute Gasteiger partial charge is 0.346 e. The molecular weight excluding hydrogens is 340 g/mol. The highest BCUT2D eigenvalue weighted by molar-refractivity contribution is 5.76. The molecule has 0 unspecified atom stereocenters. The van der Waals surface area contributed by atoms with E-state index in [1.807, 2.05) is 35.2 Å². The quantitative estimate of drug-likeness (QED) is 0.753. The normalized spacial score (nSPS) is 17.3. The molecule has 2 heterocycles. The van der Waals surface area contributed by atoms with Crippen LogP contribution in [0.3, 0.4) is 0 Å². The average molecular weight is 370 g/mol. The van der Waals surface area contributed by atoms with Crippen LogP contribution in [0.1, 0.15) is 50.9 Å². The zero-order valence-corrected chi connectivity index (χ0v) is 16.4. The van der Waals surface area contributed by atoms with Crippen molar-refractivity contribution < 1.29 is 4.79 Å². The highest BCUT2D eigenvalue weighted by atomic mass is 16.2. The van der Waals surface area contributed by atoms with Crippen LogP contribution in [0.25, 0.3) is 0 Å². The maximum absolute atomic E-state index is 12.9. The second-order valence-corrected chi connectivity index (χ2v) is 7.62. The number of rotatable bonds is 7. The minimum Gasteiger partial charge on any atom is -0.341 e. The standard InChI is InChI=1S/C21H30N4O2/c1-3-4-12-19-22-25(16-20(26)23-13-8-9-17(2)14-23)21(27)24(19)15-18-10-6-5-7-11-18/h5-7,10-11,17H,3-4,8-9,12-16H2,1-2H3/t17-/m1/s1. The van der Waals surface area contributed by atoms with E-state index in [2.05, 4.69) is 18.9 Å². The molecule has 0 bridgehead atoms. The number of hydrogen-bond donors (Lipinski definition) is 0. The second-order valence-electron chi connectivity index (χ2n) is 7.62.